The van der Waals surface area contributed by atoms with Gasteiger partial charge in [0.15, 0.2) is 0 Å². The van der Waals surface area contributed by atoms with Gasteiger partial charge in [0.1, 0.15) is 5.76 Å². The largest absolute Gasteiger partial charge is 0.469 e. The highest BCUT2D eigenvalue weighted by Crippen LogP contribution is 2.18. The maximum atomic E-state index is 11.3. The first-order valence-electron chi connectivity index (χ1n) is 5.12. The summed E-state index contributed by atoms with van der Waals surface area (Å²) in [5.41, 5.74) is 0.532. The van der Waals surface area contributed by atoms with E-state index in [1.54, 1.807) is 13.2 Å². The summed E-state index contributed by atoms with van der Waals surface area (Å²) in [5, 5.41) is 2.82. The van der Waals surface area contributed by atoms with Crippen molar-refractivity contribution in [3.8, 4) is 0 Å². The molecule has 82 valence electrons. The second-order valence-corrected chi connectivity index (χ2v) is 3.61. The van der Waals surface area contributed by atoms with Crippen LogP contribution in [-0.4, -0.2) is 12.5 Å². The Kier molecular flexibility index (Phi) is 4.16. The second kappa shape index (κ2) is 5.39. The topological polar surface area (TPSA) is 42.2 Å². The molecule has 1 amide bonds. The number of amides is 1. The van der Waals surface area contributed by atoms with E-state index in [0.717, 1.165) is 12.2 Å². The normalized spacial score (nSPS) is 12.1. The van der Waals surface area contributed by atoms with Gasteiger partial charge < -0.3 is 9.73 Å². The first-order valence-corrected chi connectivity index (χ1v) is 5.12. The number of hydrogen-bond donors (Lipinski definition) is 1. The average molecular weight is 207 g/mol. The highest BCUT2D eigenvalue weighted by Gasteiger charge is 2.13. The maximum absolute atomic E-state index is 11.3. The fraction of sp³-hybridized carbons (Fsp3) is 0.417. The Morgan fingerprint density at radius 1 is 1.67 bits per heavy atom. The molecular formula is C12H17NO2. The molecule has 15 heavy (non-hydrogen) atoms. The van der Waals surface area contributed by atoms with Crippen molar-refractivity contribution in [3.05, 3.63) is 36.3 Å². The third-order valence-electron chi connectivity index (χ3n) is 2.33. The van der Waals surface area contributed by atoms with Crippen LogP contribution in [0.2, 0.25) is 0 Å². The van der Waals surface area contributed by atoms with Crippen LogP contribution in [0.15, 0.2) is 35.0 Å². The fourth-order valence-corrected chi connectivity index (χ4v) is 1.34. The van der Waals surface area contributed by atoms with Crippen LogP contribution < -0.4 is 5.32 Å². The zero-order chi connectivity index (χ0) is 11.3. The molecule has 0 bridgehead atoms. The highest BCUT2D eigenvalue weighted by molar-refractivity contribution is 5.92. The van der Waals surface area contributed by atoms with Crippen LogP contribution >= 0.6 is 0 Å². The minimum absolute atomic E-state index is 0.0972. The van der Waals surface area contributed by atoms with Gasteiger partial charge in [0.25, 0.3) is 0 Å². The van der Waals surface area contributed by atoms with Crippen LogP contribution in [0.5, 0.6) is 0 Å². The van der Waals surface area contributed by atoms with E-state index in [-0.39, 0.29) is 11.8 Å². The lowest BCUT2D eigenvalue weighted by Crippen LogP contribution is -2.28. The summed E-state index contributed by atoms with van der Waals surface area (Å²) in [6, 6.07) is 3.79. The minimum Gasteiger partial charge on any atom is -0.469 e. The number of rotatable bonds is 5. The predicted octanol–water partition coefficient (Wildman–Crippen LogP) is 2.47. The molecule has 1 unspecified atom stereocenters. The van der Waals surface area contributed by atoms with E-state index in [9.17, 15) is 4.79 Å². The molecule has 3 heteroatoms. The van der Waals surface area contributed by atoms with Crippen molar-refractivity contribution in [2.75, 3.05) is 6.54 Å². The summed E-state index contributed by atoms with van der Waals surface area (Å²) < 4.78 is 5.31. The molecule has 1 aromatic rings. The number of nitrogens with one attached hydrogen (secondary N) is 1. The number of furan rings is 1. The van der Waals surface area contributed by atoms with Gasteiger partial charge in [-0.15, -0.1) is 0 Å². The summed E-state index contributed by atoms with van der Waals surface area (Å²) in [5.74, 6) is 1.06. The lowest BCUT2D eigenvalue weighted by Gasteiger charge is -2.13. The van der Waals surface area contributed by atoms with Gasteiger partial charge in [-0.25, -0.2) is 0 Å². The van der Waals surface area contributed by atoms with Crippen molar-refractivity contribution in [2.45, 2.75) is 26.2 Å². The lowest BCUT2D eigenvalue weighted by molar-refractivity contribution is -0.117. The minimum atomic E-state index is -0.0972. The van der Waals surface area contributed by atoms with Crippen LogP contribution in [0.3, 0.4) is 0 Å². The van der Waals surface area contributed by atoms with E-state index in [1.807, 2.05) is 12.1 Å². The zero-order valence-corrected chi connectivity index (χ0v) is 9.25. The molecule has 1 heterocycles. The summed E-state index contributed by atoms with van der Waals surface area (Å²) in [6.07, 6.45) is 2.59. The van der Waals surface area contributed by atoms with Crippen molar-refractivity contribution in [1.29, 1.82) is 0 Å². The summed E-state index contributed by atoms with van der Waals surface area (Å²) in [7, 11) is 0. The molecule has 0 saturated heterocycles. The van der Waals surface area contributed by atoms with E-state index < -0.39 is 0 Å². The Labute approximate surface area is 90.2 Å². The Hall–Kier alpha value is -1.51. The Bertz CT molecular complexity index is 327. The monoisotopic (exact) mass is 207 g/mol. The molecule has 0 aromatic carbocycles. The molecule has 1 aromatic heterocycles. The van der Waals surface area contributed by atoms with Crippen LogP contribution in [0.1, 0.15) is 31.9 Å². The van der Waals surface area contributed by atoms with E-state index >= 15 is 0 Å². The van der Waals surface area contributed by atoms with E-state index in [4.69, 9.17) is 4.42 Å². The smallest absolute Gasteiger partial charge is 0.246 e. The van der Waals surface area contributed by atoms with E-state index in [1.165, 1.54) is 0 Å². The SMILES string of the molecule is C=C(C)C(=O)NCC(CC)c1ccco1. The molecule has 0 saturated carbocycles. The van der Waals surface area contributed by atoms with Gasteiger partial charge in [0.2, 0.25) is 5.91 Å². The molecular weight excluding hydrogens is 190 g/mol. The predicted molar refractivity (Wildman–Crippen MR) is 59.6 cm³/mol. The third kappa shape index (κ3) is 3.27. The van der Waals surface area contributed by atoms with Gasteiger partial charge in [-0.2, -0.15) is 0 Å². The lowest BCUT2D eigenvalue weighted by atomic mass is 10.0. The molecule has 1 N–H and O–H groups in total. The molecule has 3 nitrogen and oxygen atoms in total. The van der Waals surface area contributed by atoms with Gasteiger partial charge in [-0.1, -0.05) is 13.5 Å². The molecule has 0 aliphatic carbocycles. The van der Waals surface area contributed by atoms with Gasteiger partial charge >= 0.3 is 0 Å². The van der Waals surface area contributed by atoms with Crippen molar-refractivity contribution in [3.63, 3.8) is 0 Å². The zero-order valence-electron chi connectivity index (χ0n) is 9.25. The van der Waals surface area contributed by atoms with Crippen LogP contribution in [0.25, 0.3) is 0 Å². The number of carbonyl (C=O) groups is 1. The Morgan fingerprint density at radius 2 is 2.40 bits per heavy atom. The van der Waals surface area contributed by atoms with Crippen LogP contribution in [-0.2, 0) is 4.79 Å². The van der Waals surface area contributed by atoms with Gasteiger partial charge in [-0.05, 0) is 25.5 Å². The van der Waals surface area contributed by atoms with E-state index in [0.29, 0.717) is 12.1 Å². The molecule has 0 spiro atoms. The molecule has 1 atom stereocenters. The van der Waals surface area contributed by atoms with Crippen molar-refractivity contribution in [1.82, 2.24) is 5.32 Å². The van der Waals surface area contributed by atoms with Gasteiger partial charge in [-0.3, -0.25) is 4.79 Å². The first kappa shape index (κ1) is 11.6. The van der Waals surface area contributed by atoms with E-state index in [2.05, 4.69) is 18.8 Å². The molecule has 0 aliphatic heterocycles. The fourth-order valence-electron chi connectivity index (χ4n) is 1.34. The number of carbonyl (C=O) groups excluding carboxylic acids is 1. The summed E-state index contributed by atoms with van der Waals surface area (Å²) >= 11 is 0. The van der Waals surface area contributed by atoms with Gasteiger partial charge in [0.05, 0.1) is 6.26 Å². The second-order valence-electron chi connectivity index (χ2n) is 3.61. The average Bonchev–Trinajstić information content (AvgIpc) is 2.71. The quantitative estimate of drug-likeness (QED) is 0.753. The molecule has 0 radical (unpaired) electrons. The summed E-state index contributed by atoms with van der Waals surface area (Å²) in [4.78, 5) is 11.3. The van der Waals surface area contributed by atoms with Crippen LogP contribution in [0, 0.1) is 0 Å². The van der Waals surface area contributed by atoms with Gasteiger partial charge in [0, 0.05) is 18.0 Å². The standard InChI is InChI=1S/C12H17NO2/c1-4-10(11-6-5-7-15-11)8-13-12(14)9(2)3/h5-7,10H,2,4,8H2,1,3H3,(H,13,14). The van der Waals surface area contributed by atoms with Crippen molar-refractivity contribution < 1.29 is 9.21 Å². The van der Waals surface area contributed by atoms with Crippen LogP contribution in [0.4, 0.5) is 0 Å². The Morgan fingerprint density at radius 3 is 2.87 bits per heavy atom. The highest BCUT2D eigenvalue weighted by atomic mass is 16.3. The first-order chi connectivity index (χ1) is 7.15. The molecule has 0 aliphatic rings. The summed E-state index contributed by atoms with van der Waals surface area (Å²) in [6.45, 7) is 7.95. The van der Waals surface area contributed by atoms with Crippen molar-refractivity contribution in [2.24, 2.45) is 0 Å². The molecule has 1 rings (SSSR count). The Balaban J connectivity index is 2.49. The van der Waals surface area contributed by atoms with Crippen molar-refractivity contribution >= 4 is 5.91 Å². The number of hydrogen-bond acceptors (Lipinski definition) is 2. The molecule has 0 fully saturated rings. The maximum Gasteiger partial charge on any atom is 0.246 e. The third-order valence-corrected chi connectivity index (χ3v) is 2.33.